The Morgan fingerprint density at radius 3 is 2.66 bits per heavy atom. The molecule has 6 nitrogen and oxygen atoms in total. The van der Waals surface area contributed by atoms with E-state index in [1.54, 1.807) is 0 Å². The number of ether oxygens (including phenoxy) is 1. The van der Waals surface area contributed by atoms with Crippen LogP contribution in [0, 0.1) is 13.8 Å². The lowest BCUT2D eigenvalue weighted by atomic mass is 10.1. The van der Waals surface area contributed by atoms with Crippen molar-refractivity contribution >= 4 is 33.3 Å². The van der Waals surface area contributed by atoms with Gasteiger partial charge in [-0.05, 0) is 62.2 Å². The van der Waals surface area contributed by atoms with Crippen LogP contribution in [-0.2, 0) is 16.0 Å². The molecule has 1 aromatic heterocycles. The first kappa shape index (κ1) is 20.9. The number of nitrogens with two attached hydrogens (primary N) is 1. The summed E-state index contributed by atoms with van der Waals surface area (Å²) in [5.74, 6) is -0.297. The molecule has 3 rings (SSSR count). The number of esters is 1. The van der Waals surface area contributed by atoms with Gasteiger partial charge in [0, 0.05) is 28.1 Å². The van der Waals surface area contributed by atoms with Crippen molar-refractivity contribution in [2.24, 2.45) is 0 Å². The predicted molar refractivity (Wildman–Crippen MR) is 120 cm³/mol. The summed E-state index contributed by atoms with van der Waals surface area (Å²) in [6, 6.07) is 15.9. The molecule has 0 spiro atoms. The second kappa shape index (κ2) is 9.13. The van der Waals surface area contributed by atoms with Gasteiger partial charge in [-0.15, -0.1) is 0 Å². The largest absolute Gasteiger partial charge is 0.468 e. The van der Waals surface area contributed by atoms with Gasteiger partial charge in [0.05, 0.1) is 18.5 Å². The zero-order valence-corrected chi connectivity index (χ0v) is 18.4. The number of halogens is 1. The highest BCUT2D eigenvalue weighted by Crippen LogP contribution is 2.25. The van der Waals surface area contributed by atoms with Crippen LogP contribution in [0.4, 0.5) is 11.4 Å². The number of aryl methyl sites for hydroxylation is 2. The van der Waals surface area contributed by atoms with Crippen LogP contribution >= 0.6 is 15.9 Å². The standard InChI is InChI=1S/C22H25BrN4O2/c1-15-9-16(2)27(25-15)21-12-19(24)11-20(13-21)26(14-22(28)29-3)8-7-17-5-4-6-18(23)10-17/h4-6,9-13H,7-8,14,24H2,1-3H3. The molecular formula is C22H25BrN4O2. The number of aromatic nitrogens is 2. The van der Waals surface area contributed by atoms with Crippen molar-refractivity contribution in [2.75, 3.05) is 30.8 Å². The topological polar surface area (TPSA) is 73.4 Å². The number of anilines is 2. The van der Waals surface area contributed by atoms with Crippen LogP contribution in [0.2, 0.25) is 0 Å². The molecule has 0 fully saturated rings. The molecule has 2 aromatic carbocycles. The molecule has 3 aromatic rings. The van der Waals surface area contributed by atoms with E-state index >= 15 is 0 Å². The molecule has 0 amide bonds. The second-order valence-electron chi connectivity index (χ2n) is 7.00. The Kier molecular flexibility index (Phi) is 6.59. The summed E-state index contributed by atoms with van der Waals surface area (Å²) in [6.45, 7) is 4.75. The number of methoxy groups -OCH3 is 1. The van der Waals surface area contributed by atoms with E-state index < -0.39 is 0 Å². The van der Waals surface area contributed by atoms with E-state index in [1.165, 1.54) is 12.7 Å². The molecule has 0 saturated heterocycles. The maximum Gasteiger partial charge on any atom is 0.325 e. The maximum absolute atomic E-state index is 12.0. The molecular weight excluding hydrogens is 432 g/mol. The van der Waals surface area contributed by atoms with Gasteiger partial charge in [0.25, 0.3) is 0 Å². The number of nitrogens with zero attached hydrogens (tertiary/aromatic N) is 3. The first-order valence-corrected chi connectivity index (χ1v) is 10.2. The molecule has 2 N–H and O–H groups in total. The Morgan fingerprint density at radius 2 is 2.00 bits per heavy atom. The number of hydrogen-bond acceptors (Lipinski definition) is 5. The van der Waals surface area contributed by atoms with Crippen LogP contribution in [0.1, 0.15) is 17.0 Å². The molecule has 0 aliphatic rings. The summed E-state index contributed by atoms with van der Waals surface area (Å²) in [6.07, 6.45) is 0.778. The lowest BCUT2D eigenvalue weighted by Gasteiger charge is -2.25. The van der Waals surface area contributed by atoms with Gasteiger partial charge < -0.3 is 15.4 Å². The normalized spacial score (nSPS) is 10.8. The highest BCUT2D eigenvalue weighted by Gasteiger charge is 2.15. The van der Waals surface area contributed by atoms with Gasteiger partial charge in [0.1, 0.15) is 6.54 Å². The van der Waals surface area contributed by atoms with E-state index in [0.29, 0.717) is 12.2 Å². The molecule has 7 heteroatoms. The lowest BCUT2D eigenvalue weighted by Crippen LogP contribution is -2.32. The Morgan fingerprint density at radius 1 is 1.21 bits per heavy atom. The van der Waals surface area contributed by atoms with Gasteiger partial charge in [0.2, 0.25) is 0 Å². The summed E-state index contributed by atoms with van der Waals surface area (Å²) in [7, 11) is 1.40. The van der Waals surface area contributed by atoms with Gasteiger partial charge in [-0.3, -0.25) is 4.79 Å². The highest BCUT2D eigenvalue weighted by molar-refractivity contribution is 9.10. The van der Waals surface area contributed by atoms with Gasteiger partial charge in [-0.2, -0.15) is 5.10 Å². The first-order valence-electron chi connectivity index (χ1n) is 9.36. The van der Waals surface area contributed by atoms with E-state index in [1.807, 2.05) is 59.8 Å². The molecule has 29 heavy (non-hydrogen) atoms. The van der Waals surface area contributed by atoms with Gasteiger partial charge in [-0.1, -0.05) is 28.1 Å². The molecule has 0 unspecified atom stereocenters. The van der Waals surface area contributed by atoms with E-state index in [0.717, 1.165) is 33.7 Å². The first-order chi connectivity index (χ1) is 13.9. The van der Waals surface area contributed by atoms with Gasteiger partial charge in [0.15, 0.2) is 0 Å². The molecule has 0 bridgehead atoms. The number of carbonyl (C=O) groups excluding carboxylic acids is 1. The third kappa shape index (κ3) is 5.38. The average Bonchev–Trinajstić information content (AvgIpc) is 3.02. The van der Waals surface area contributed by atoms with E-state index in [-0.39, 0.29) is 12.5 Å². The van der Waals surface area contributed by atoms with Crippen molar-refractivity contribution in [1.82, 2.24) is 9.78 Å². The van der Waals surface area contributed by atoms with E-state index in [2.05, 4.69) is 33.2 Å². The van der Waals surface area contributed by atoms with Crippen molar-refractivity contribution in [3.8, 4) is 5.69 Å². The monoisotopic (exact) mass is 456 g/mol. The summed E-state index contributed by atoms with van der Waals surface area (Å²) in [5, 5.41) is 4.55. The smallest absolute Gasteiger partial charge is 0.325 e. The number of hydrogen-bond donors (Lipinski definition) is 1. The fourth-order valence-electron chi connectivity index (χ4n) is 3.29. The molecule has 0 aliphatic carbocycles. The summed E-state index contributed by atoms with van der Waals surface area (Å²) < 4.78 is 7.80. The minimum absolute atomic E-state index is 0.143. The maximum atomic E-state index is 12.0. The lowest BCUT2D eigenvalue weighted by molar-refractivity contribution is -0.138. The Hall–Kier alpha value is -2.80. The van der Waals surface area contributed by atoms with Crippen molar-refractivity contribution in [2.45, 2.75) is 20.3 Å². The van der Waals surface area contributed by atoms with E-state index in [4.69, 9.17) is 10.5 Å². The SMILES string of the molecule is COC(=O)CN(CCc1cccc(Br)c1)c1cc(N)cc(-n2nc(C)cc2C)c1. The molecule has 0 saturated carbocycles. The van der Waals surface area contributed by atoms with Crippen LogP contribution in [-0.4, -0.2) is 35.9 Å². The van der Waals surface area contributed by atoms with E-state index in [9.17, 15) is 4.79 Å². The van der Waals surface area contributed by atoms with Crippen LogP contribution in [0.15, 0.2) is 53.0 Å². The number of benzene rings is 2. The van der Waals surface area contributed by atoms with Gasteiger partial charge in [-0.25, -0.2) is 4.68 Å². The average molecular weight is 457 g/mol. The minimum atomic E-state index is -0.297. The van der Waals surface area contributed by atoms with Crippen LogP contribution in [0.25, 0.3) is 5.69 Å². The Bertz CT molecular complexity index is 1020. The molecule has 1 heterocycles. The molecule has 152 valence electrons. The van der Waals surface area contributed by atoms with Crippen LogP contribution in [0.3, 0.4) is 0 Å². The van der Waals surface area contributed by atoms with Crippen molar-refractivity contribution in [3.05, 3.63) is 70.0 Å². The fraction of sp³-hybridized carbons (Fsp3) is 0.273. The number of rotatable bonds is 7. The van der Waals surface area contributed by atoms with Crippen molar-refractivity contribution < 1.29 is 9.53 Å². The van der Waals surface area contributed by atoms with Crippen molar-refractivity contribution in [1.29, 1.82) is 0 Å². The Balaban J connectivity index is 1.92. The predicted octanol–water partition coefficient (Wildman–Crippen LogP) is 4.06. The van der Waals surface area contributed by atoms with Crippen LogP contribution < -0.4 is 10.6 Å². The summed E-state index contributed by atoms with van der Waals surface area (Å²) in [4.78, 5) is 14.0. The van der Waals surface area contributed by atoms with Gasteiger partial charge >= 0.3 is 5.97 Å². The number of carbonyl (C=O) groups is 1. The highest BCUT2D eigenvalue weighted by atomic mass is 79.9. The zero-order chi connectivity index (χ0) is 21.0. The fourth-order valence-corrected chi connectivity index (χ4v) is 3.74. The van der Waals surface area contributed by atoms with Crippen molar-refractivity contribution in [3.63, 3.8) is 0 Å². The minimum Gasteiger partial charge on any atom is -0.468 e. The zero-order valence-electron chi connectivity index (χ0n) is 16.9. The molecule has 0 radical (unpaired) electrons. The third-order valence-corrected chi connectivity index (χ3v) is 5.14. The summed E-state index contributed by atoms with van der Waals surface area (Å²) >= 11 is 3.51. The van der Waals surface area contributed by atoms with Crippen LogP contribution in [0.5, 0.6) is 0 Å². The number of nitrogen functional groups attached to an aromatic ring is 1. The third-order valence-electron chi connectivity index (χ3n) is 4.65. The second-order valence-corrected chi connectivity index (χ2v) is 7.91. The Labute approximate surface area is 179 Å². The molecule has 0 aliphatic heterocycles. The summed E-state index contributed by atoms with van der Waals surface area (Å²) in [5.41, 5.74) is 11.7. The molecule has 0 atom stereocenters. The quantitative estimate of drug-likeness (QED) is 0.428.